The maximum atomic E-state index is 14.0. The van der Waals surface area contributed by atoms with E-state index >= 15 is 0 Å². The zero-order valence-corrected chi connectivity index (χ0v) is 25.3. The molecular weight excluding hydrogens is 617 g/mol. The summed E-state index contributed by atoms with van der Waals surface area (Å²) < 4.78 is 59.2. The molecule has 11 nitrogen and oxygen atoms in total. The summed E-state index contributed by atoms with van der Waals surface area (Å²) in [5.74, 6) is -3.26. The van der Waals surface area contributed by atoms with Gasteiger partial charge in [0.1, 0.15) is 0 Å². The van der Waals surface area contributed by atoms with Gasteiger partial charge in [0.15, 0.2) is 5.82 Å². The van der Waals surface area contributed by atoms with E-state index in [1.807, 2.05) is 30.3 Å². The van der Waals surface area contributed by atoms with Gasteiger partial charge >= 0.3 is 6.18 Å². The number of primary amides is 1. The number of carbonyl (C=O) groups is 2. The summed E-state index contributed by atoms with van der Waals surface area (Å²) >= 11 is 0. The number of hydrogen-bond donors (Lipinski definition) is 2. The molecule has 0 spiro atoms. The number of alkyl halides is 3. The quantitative estimate of drug-likeness (QED) is 0.267. The van der Waals surface area contributed by atoms with Crippen LogP contribution in [0.4, 0.5) is 13.2 Å². The summed E-state index contributed by atoms with van der Waals surface area (Å²) in [5, 5.41) is 7.55. The second-order valence-electron chi connectivity index (χ2n) is 11.2. The van der Waals surface area contributed by atoms with Crippen LogP contribution in [0.5, 0.6) is 0 Å². The van der Waals surface area contributed by atoms with Crippen LogP contribution in [0, 0.1) is 0 Å². The lowest BCUT2D eigenvalue weighted by molar-refractivity contribution is -0.189. The first-order valence-corrected chi connectivity index (χ1v) is 15.1. The van der Waals surface area contributed by atoms with Crippen molar-refractivity contribution in [3.05, 3.63) is 101 Å². The molecule has 2 aliphatic rings. The van der Waals surface area contributed by atoms with E-state index in [2.05, 4.69) is 20.3 Å². The molecule has 2 aromatic carbocycles. The van der Waals surface area contributed by atoms with Crippen LogP contribution in [-0.2, 0) is 38.1 Å². The average Bonchev–Trinajstić information content (AvgIpc) is 3.74. The Morgan fingerprint density at radius 2 is 1.72 bits per heavy atom. The van der Waals surface area contributed by atoms with Crippen LogP contribution in [0.15, 0.2) is 79.1 Å². The number of amides is 2. The Balaban J connectivity index is 1.37. The van der Waals surface area contributed by atoms with Crippen LogP contribution < -0.4 is 11.1 Å². The molecule has 2 amide bonds. The standard InChI is InChI=1S/C33H33F3N6O5/c34-33(35,36)25-9-4-8-23(19-25)28-24(20-41-12-14-45-15-13-41)21-42(40-28)29-26(10-5-11-38-29)30(43)39-27(18-22-6-2-1-3-7-22)32(31(37)44)46-16-17-47-32/h1-11,19,21,27H,12-18,20H2,(H2,37,44)(H,39,43). The van der Waals surface area contributed by atoms with Gasteiger partial charge in [0, 0.05) is 43.2 Å². The van der Waals surface area contributed by atoms with Crippen molar-refractivity contribution in [2.45, 2.75) is 31.0 Å². The molecule has 246 valence electrons. The number of nitrogens with two attached hydrogens (primary N) is 1. The van der Waals surface area contributed by atoms with Crippen molar-refractivity contribution in [3.63, 3.8) is 0 Å². The Kier molecular flexibility index (Phi) is 9.36. The smallest absolute Gasteiger partial charge is 0.379 e. The van der Waals surface area contributed by atoms with E-state index in [4.69, 9.17) is 19.9 Å². The highest BCUT2D eigenvalue weighted by Gasteiger charge is 2.51. The number of pyridine rings is 1. The fourth-order valence-electron chi connectivity index (χ4n) is 5.79. The molecule has 14 heteroatoms. The van der Waals surface area contributed by atoms with E-state index in [1.165, 1.54) is 23.0 Å². The van der Waals surface area contributed by atoms with Gasteiger partial charge in [0.25, 0.3) is 17.6 Å². The molecule has 2 saturated heterocycles. The van der Waals surface area contributed by atoms with E-state index in [0.717, 1.165) is 17.7 Å². The molecule has 2 aliphatic heterocycles. The molecule has 1 unspecified atom stereocenters. The highest BCUT2D eigenvalue weighted by molar-refractivity contribution is 5.98. The summed E-state index contributed by atoms with van der Waals surface area (Å²) in [6, 6.07) is 16.2. The molecule has 2 fully saturated rings. The third-order valence-corrected chi connectivity index (χ3v) is 8.11. The van der Waals surface area contributed by atoms with Crippen molar-refractivity contribution in [2.75, 3.05) is 39.5 Å². The van der Waals surface area contributed by atoms with E-state index < -0.39 is 35.4 Å². The molecule has 0 bridgehead atoms. The zero-order valence-electron chi connectivity index (χ0n) is 25.3. The first kappa shape index (κ1) is 32.3. The predicted octanol–water partition coefficient (Wildman–Crippen LogP) is 3.35. The lowest BCUT2D eigenvalue weighted by Crippen LogP contribution is -2.61. The number of nitrogens with one attached hydrogen (secondary N) is 1. The Hall–Kier alpha value is -4.63. The zero-order chi connectivity index (χ0) is 33.0. The van der Waals surface area contributed by atoms with Crippen LogP contribution in [0.25, 0.3) is 17.1 Å². The van der Waals surface area contributed by atoms with Crippen molar-refractivity contribution in [1.82, 2.24) is 25.0 Å². The molecule has 1 atom stereocenters. The largest absolute Gasteiger partial charge is 0.416 e. The number of rotatable bonds is 10. The molecule has 3 N–H and O–H groups in total. The lowest BCUT2D eigenvalue weighted by Gasteiger charge is -2.33. The van der Waals surface area contributed by atoms with Gasteiger partial charge in [-0.25, -0.2) is 9.67 Å². The molecule has 6 rings (SSSR count). The second-order valence-corrected chi connectivity index (χ2v) is 11.2. The van der Waals surface area contributed by atoms with Crippen LogP contribution in [0.2, 0.25) is 0 Å². The second kappa shape index (κ2) is 13.6. The fraction of sp³-hybridized carbons (Fsp3) is 0.333. The van der Waals surface area contributed by atoms with Gasteiger partial charge < -0.3 is 25.3 Å². The number of morpholine rings is 1. The maximum Gasteiger partial charge on any atom is 0.416 e. The highest BCUT2D eigenvalue weighted by Crippen LogP contribution is 2.34. The van der Waals surface area contributed by atoms with Crippen LogP contribution in [0.1, 0.15) is 27.0 Å². The van der Waals surface area contributed by atoms with Gasteiger partial charge in [-0.2, -0.15) is 18.3 Å². The van der Waals surface area contributed by atoms with Gasteiger partial charge in [0.05, 0.1) is 49.3 Å². The summed E-state index contributed by atoms with van der Waals surface area (Å²) in [6.45, 7) is 2.94. The van der Waals surface area contributed by atoms with E-state index in [-0.39, 0.29) is 36.6 Å². The summed E-state index contributed by atoms with van der Waals surface area (Å²) in [6.07, 6.45) is -1.23. The minimum Gasteiger partial charge on any atom is -0.379 e. The van der Waals surface area contributed by atoms with Crippen LogP contribution >= 0.6 is 0 Å². The Bertz CT molecular complexity index is 1720. The topological polar surface area (TPSA) is 134 Å². The first-order chi connectivity index (χ1) is 22.6. The minimum absolute atomic E-state index is 0.0965. The summed E-state index contributed by atoms with van der Waals surface area (Å²) in [5.41, 5.74) is 7.09. The Morgan fingerprint density at radius 1 is 0.979 bits per heavy atom. The minimum atomic E-state index is -4.54. The van der Waals surface area contributed by atoms with Gasteiger partial charge in [-0.1, -0.05) is 42.5 Å². The van der Waals surface area contributed by atoms with Crippen molar-refractivity contribution in [1.29, 1.82) is 0 Å². The number of ether oxygens (including phenoxy) is 3. The number of nitrogens with zero attached hydrogens (tertiary/aromatic N) is 4. The average molecular weight is 651 g/mol. The van der Waals surface area contributed by atoms with E-state index in [9.17, 15) is 22.8 Å². The highest BCUT2D eigenvalue weighted by atomic mass is 19.4. The first-order valence-electron chi connectivity index (χ1n) is 15.1. The maximum absolute atomic E-state index is 14.0. The predicted molar refractivity (Wildman–Crippen MR) is 163 cm³/mol. The Morgan fingerprint density at radius 3 is 2.43 bits per heavy atom. The van der Waals surface area contributed by atoms with Crippen molar-refractivity contribution in [3.8, 4) is 17.1 Å². The van der Waals surface area contributed by atoms with E-state index in [0.29, 0.717) is 44.1 Å². The van der Waals surface area contributed by atoms with Gasteiger partial charge in [-0.3, -0.25) is 14.5 Å². The number of benzene rings is 2. The third kappa shape index (κ3) is 7.05. The summed E-state index contributed by atoms with van der Waals surface area (Å²) in [7, 11) is 0. The summed E-state index contributed by atoms with van der Waals surface area (Å²) in [4.78, 5) is 33.2. The molecule has 2 aromatic heterocycles. The van der Waals surface area contributed by atoms with Crippen molar-refractivity contribution in [2.24, 2.45) is 5.73 Å². The fourth-order valence-corrected chi connectivity index (χ4v) is 5.79. The molecule has 4 aromatic rings. The number of carbonyl (C=O) groups excluding carboxylic acids is 2. The molecule has 0 aliphatic carbocycles. The molecule has 4 heterocycles. The van der Waals surface area contributed by atoms with Crippen LogP contribution in [0.3, 0.4) is 0 Å². The van der Waals surface area contributed by atoms with Crippen molar-refractivity contribution >= 4 is 11.8 Å². The molecule has 47 heavy (non-hydrogen) atoms. The lowest BCUT2D eigenvalue weighted by atomic mass is 9.97. The van der Waals surface area contributed by atoms with Gasteiger partial charge in [-0.15, -0.1) is 0 Å². The van der Waals surface area contributed by atoms with Crippen molar-refractivity contribution < 1.29 is 37.0 Å². The Labute approximate surface area is 268 Å². The van der Waals surface area contributed by atoms with Gasteiger partial charge in [0.2, 0.25) is 0 Å². The molecular formula is C33H33F3N6O5. The van der Waals surface area contributed by atoms with E-state index in [1.54, 1.807) is 18.3 Å². The number of hydrogen-bond acceptors (Lipinski definition) is 8. The SMILES string of the molecule is NC(=O)C1(C(Cc2ccccc2)NC(=O)c2cccnc2-n2cc(CN3CCOCC3)c(-c3cccc(C(F)(F)F)c3)n2)OCCO1. The number of aromatic nitrogens is 3. The number of halogens is 3. The molecule has 0 saturated carbocycles. The monoisotopic (exact) mass is 650 g/mol. The molecule has 0 radical (unpaired) electrons. The third-order valence-electron chi connectivity index (χ3n) is 8.11. The van der Waals surface area contributed by atoms with Crippen LogP contribution in [-0.4, -0.2) is 82.8 Å². The normalized spacial score (nSPS) is 17.3. The van der Waals surface area contributed by atoms with Gasteiger partial charge in [-0.05, 0) is 36.2 Å².